The van der Waals surface area contributed by atoms with Crippen molar-refractivity contribution < 1.29 is 36.6 Å². The van der Waals surface area contributed by atoms with Crippen LogP contribution in [0.25, 0.3) is 0 Å². The van der Waals surface area contributed by atoms with Crippen LogP contribution in [0.2, 0.25) is 0 Å². The van der Waals surface area contributed by atoms with Crippen molar-refractivity contribution in [3.05, 3.63) is 82.5 Å². The van der Waals surface area contributed by atoms with Crippen molar-refractivity contribution >= 4 is 23.2 Å². The number of aryl methyl sites for hydroxylation is 1. The number of halogens is 5. The Bertz CT molecular complexity index is 1550. The molecule has 5 atom stereocenters. The molecule has 2 aromatic carbocycles. The Morgan fingerprint density at radius 2 is 1.52 bits per heavy atom. The first-order chi connectivity index (χ1) is 20.6. The Balaban J connectivity index is 1.36. The average molecular weight is 615 g/mol. The molecule has 2 fully saturated rings. The van der Waals surface area contributed by atoms with E-state index in [0.29, 0.717) is 42.6 Å². The number of alkyl halides is 5. The number of amides is 2. The van der Waals surface area contributed by atoms with Gasteiger partial charge < -0.3 is 15.7 Å². The number of nitrogens with one attached hydrogen (secondary N) is 2. The van der Waals surface area contributed by atoms with E-state index in [1.54, 1.807) is 42.5 Å². The van der Waals surface area contributed by atoms with Crippen molar-refractivity contribution in [2.45, 2.75) is 82.4 Å². The van der Waals surface area contributed by atoms with Gasteiger partial charge in [0.25, 0.3) is 0 Å². The van der Waals surface area contributed by atoms with Crippen molar-refractivity contribution in [2.24, 2.45) is 17.3 Å². The fraction of sp³-hybridized carbons (Fsp3) is 0.471. The van der Waals surface area contributed by atoms with Crippen LogP contribution in [0.15, 0.2) is 71.3 Å². The first-order valence-corrected chi connectivity index (χ1v) is 15.0. The first-order valence-electron chi connectivity index (χ1n) is 15.0. The number of urea groups is 1. The minimum absolute atomic E-state index is 0.0272. The van der Waals surface area contributed by atoms with Gasteiger partial charge in [0.05, 0.1) is 0 Å². The van der Waals surface area contributed by atoms with Gasteiger partial charge >= 0.3 is 18.1 Å². The monoisotopic (exact) mass is 614 g/mol. The number of hydrogen-bond acceptors (Lipinski definition) is 3. The molecule has 0 saturated heterocycles. The summed E-state index contributed by atoms with van der Waals surface area (Å²) in [5, 5.41) is 16.9. The van der Waals surface area contributed by atoms with E-state index in [9.17, 15) is 27.9 Å². The highest BCUT2D eigenvalue weighted by Crippen LogP contribution is 2.70. The van der Waals surface area contributed by atoms with Crippen LogP contribution in [0.1, 0.15) is 68.9 Å². The Hall–Kier alpha value is -3.53. The summed E-state index contributed by atoms with van der Waals surface area (Å²) < 4.78 is 71.7. The minimum Gasteiger partial charge on any atom is -0.383 e. The van der Waals surface area contributed by atoms with Gasteiger partial charge in [-0.2, -0.15) is 22.0 Å². The molecule has 6 rings (SSSR count). The third kappa shape index (κ3) is 4.76. The molecule has 2 saturated carbocycles. The third-order valence-electron chi connectivity index (χ3n) is 10.6. The van der Waals surface area contributed by atoms with Crippen molar-refractivity contribution in [1.29, 1.82) is 0 Å². The highest BCUT2D eigenvalue weighted by Gasteiger charge is 2.79. The number of hydrogen-bond donors (Lipinski definition) is 3. The van der Waals surface area contributed by atoms with Crippen LogP contribution in [0.4, 0.5) is 38.1 Å². The van der Waals surface area contributed by atoms with Gasteiger partial charge in [-0.25, -0.2) is 4.79 Å². The zero-order valence-electron chi connectivity index (χ0n) is 24.5. The van der Waals surface area contributed by atoms with Crippen LogP contribution in [-0.4, -0.2) is 34.6 Å². The highest BCUT2D eigenvalue weighted by molar-refractivity contribution is 5.99. The molecule has 2 aromatic rings. The van der Waals surface area contributed by atoms with E-state index in [0.717, 1.165) is 22.3 Å². The predicted octanol–water partition coefficient (Wildman–Crippen LogP) is 8.47. The summed E-state index contributed by atoms with van der Waals surface area (Å²) in [7, 11) is 0. The summed E-state index contributed by atoms with van der Waals surface area (Å²) in [5.74, 6) is -6.66. The Kier molecular flexibility index (Phi) is 7.30. The van der Waals surface area contributed by atoms with Crippen LogP contribution in [0, 0.1) is 24.2 Å². The molecule has 5 nitrogen and oxygen atoms in total. The summed E-state index contributed by atoms with van der Waals surface area (Å²) in [6.07, 6.45) is -3.06. The Labute approximate surface area is 252 Å². The van der Waals surface area contributed by atoms with Gasteiger partial charge in [-0.15, -0.1) is 0 Å². The molecule has 44 heavy (non-hydrogen) atoms. The van der Waals surface area contributed by atoms with E-state index < -0.39 is 47.4 Å². The lowest BCUT2D eigenvalue weighted by Crippen LogP contribution is -2.65. The Morgan fingerprint density at radius 3 is 2.14 bits per heavy atom. The maximum Gasteiger partial charge on any atom is 0.456 e. The fourth-order valence-electron chi connectivity index (χ4n) is 8.44. The van der Waals surface area contributed by atoms with Crippen LogP contribution in [0.3, 0.4) is 0 Å². The van der Waals surface area contributed by atoms with E-state index in [4.69, 9.17) is 0 Å². The predicted molar refractivity (Wildman–Crippen MR) is 156 cm³/mol. The van der Waals surface area contributed by atoms with Crippen LogP contribution >= 0.6 is 0 Å². The molecule has 0 aliphatic heterocycles. The number of fused-ring (bicyclic) bond motifs is 4. The lowest BCUT2D eigenvalue weighted by molar-refractivity contribution is -0.362. The summed E-state index contributed by atoms with van der Waals surface area (Å²) in [6, 6.07) is 13.7. The molecule has 2 amide bonds. The van der Waals surface area contributed by atoms with Gasteiger partial charge in [-0.05, 0) is 104 Å². The second kappa shape index (κ2) is 10.5. The third-order valence-corrected chi connectivity index (χ3v) is 10.6. The van der Waals surface area contributed by atoms with Gasteiger partial charge in [-0.3, -0.25) is 4.79 Å². The lowest BCUT2D eigenvalue weighted by atomic mass is 9.50. The molecule has 4 aliphatic rings. The molecule has 0 bridgehead atoms. The molecular weight excluding hydrogens is 579 g/mol. The van der Waals surface area contributed by atoms with E-state index in [-0.39, 0.29) is 24.5 Å². The zero-order valence-corrected chi connectivity index (χ0v) is 24.5. The zero-order chi connectivity index (χ0) is 31.7. The molecular formula is C34H35F5N2O3. The molecule has 3 N–H and O–H groups in total. The minimum atomic E-state index is -5.90. The van der Waals surface area contributed by atoms with Gasteiger partial charge in [0.1, 0.15) is 5.60 Å². The number of ketones is 1. The second-order valence-corrected chi connectivity index (χ2v) is 13.0. The number of rotatable bonds is 4. The maximum absolute atomic E-state index is 15.2. The molecule has 0 radical (unpaired) electrons. The summed E-state index contributed by atoms with van der Waals surface area (Å²) in [4.78, 5) is 24.8. The molecule has 0 heterocycles. The smallest absolute Gasteiger partial charge is 0.383 e. The number of benzene rings is 2. The van der Waals surface area contributed by atoms with Crippen LogP contribution in [0.5, 0.6) is 0 Å². The van der Waals surface area contributed by atoms with Gasteiger partial charge in [0, 0.05) is 29.1 Å². The van der Waals surface area contributed by atoms with E-state index >= 15 is 8.78 Å². The summed E-state index contributed by atoms with van der Waals surface area (Å²) in [5.41, 5.74) is 0.771. The average Bonchev–Trinajstić information content (AvgIpc) is 3.25. The van der Waals surface area contributed by atoms with Crippen molar-refractivity contribution in [2.75, 3.05) is 10.6 Å². The second-order valence-electron chi connectivity index (χ2n) is 13.0. The topological polar surface area (TPSA) is 78.4 Å². The lowest BCUT2D eigenvalue weighted by Gasteiger charge is -2.56. The van der Waals surface area contributed by atoms with E-state index in [1.807, 2.05) is 19.1 Å². The summed E-state index contributed by atoms with van der Waals surface area (Å²) >= 11 is 0. The van der Waals surface area contributed by atoms with Crippen LogP contribution < -0.4 is 10.6 Å². The van der Waals surface area contributed by atoms with Gasteiger partial charge in [-0.1, -0.05) is 42.3 Å². The standard InChI is InChI=1S/C34H35F5N2O3/c1-19-3-8-22(9-4-19)40-30(43)41-23-10-5-20(6-11-23)27-18-31(2)28(15-16-32(31,44)33(35,36)34(37,38)39)26-13-7-21-17-24(42)12-14-25(21)29(26)27/h3-6,8-11,17,26-28,44H,7,12-16,18H2,1-2H3,(H2,40,41,43)/t26?,27-,28?,31+,32+/m1/s1. The maximum atomic E-state index is 15.2. The fourth-order valence-corrected chi connectivity index (χ4v) is 8.44. The summed E-state index contributed by atoms with van der Waals surface area (Å²) in [6.45, 7) is 3.34. The van der Waals surface area contributed by atoms with Crippen molar-refractivity contribution in [3.8, 4) is 0 Å². The quantitative estimate of drug-likeness (QED) is 0.303. The normalized spacial score (nSPS) is 30.2. The Morgan fingerprint density at radius 1 is 0.909 bits per heavy atom. The number of anilines is 2. The van der Waals surface area contributed by atoms with Gasteiger partial charge in [0.15, 0.2) is 5.78 Å². The number of carbonyl (C=O) groups excluding carboxylic acids is 2. The molecule has 2 unspecified atom stereocenters. The molecule has 234 valence electrons. The molecule has 0 aromatic heterocycles. The largest absolute Gasteiger partial charge is 0.456 e. The highest BCUT2D eigenvalue weighted by atomic mass is 19.4. The number of carbonyl (C=O) groups is 2. The first kappa shape index (κ1) is 30.5. The number of aliphatic hydroxyl groups is 1. The SMILES string of the molecule is Cc1ccc(NC(=O)Nc2ccc([C@H]3C[C@@]4(C)C(CC[C@@]4(O)C(F)(F)C(F)(F)F)C4CCC5=CC(=O)CCC5=C43)cc2)cc1. The molecule has 0 spiro atoms. The van der Waals surface area contributed by atoms with E-state index in [2.05, 4.69) is 10.6 Å². The van der Waals surface area contributed by atoms with E-state index in [1.165, 1.54) is 6.92 Å². The van der Waals surface area contributed by atoms with Crippen LogP contribution in [-0.2, 0) is 4.79 Å². The number of allylic oxidation sites excluding steroid dienone is 4. The van der Waals surface area contributed by atoms with Gasteiger partial charge in [0.2, 0.25) is 0 Å². The van der Waals surface area contributed by atoms with Crippen molar-refractivity contribution in [3.63, 3.8) is 0 Å². The van der Waals surface area contributed by atoms with Crippen molar-refractivity contribution in [1.82, 2.24) is 0 Å². The molecule has 10 heteroatoms. The molecule has 4 aliphatic carbocycles.